The number of rotatable bonds is 6. The summed E-state index contributed by atoms with van der Waals surface area (Å²) in [4.78, 5) is 17.9. The minimum Gasteiger partial charge on any atom is -0.469 e. The normalized spacial score (nSPS) is 21.7. The zero-order valence-corrected chi connectivity index (χ0v) is 17.2. The van der Waals surface area contributed by atoms with Crippen LogP contribution in [0.5, 0.6) is 0 Å². The van der Waals surface area contributed by atoms with E-state index in [0.29, 0.717) is 32.1 Å². The zero-order chi connectivity index (χ0) is 16.8. The van der Waals surface area contributed by atoms with Gasteiger partial charge in [-0.25, -0.2) is 13.1 Å². The van der Waals surface area contributed by atoms with Crippen LogP contribution in [0, 0.1) is 11.8 Å². The number of nitrogens with zero attached hydrogens (tertiary/aromatic N) is 2. The lowest BCUT2D eigenvalue weighted by Gasteiger charge is -2.21. The molecule has 0 aromatic carbocycles. The van der Waals surface area contributed by atoms with E-state index in [1.54, 1.807) is 14.0 Å². The van der Waals surface area contributed by atoms with Crippen LogP contribution in [-0.4, -0.2) is 71.3 Å². The molecule has 1 saturated heterocycles. The maximum Gasteiger partial charge on any atom is 0.310 e. The summed E-state index contributed by atoms with van der Waals surface area (Å²) in [5.74, 6) is 0.536. The average molecular weight is 462 g/mol. The number of guanidine groups is 1. The van der Waals surface area contributed by atoms with Crippen molar-refractivity contribution in [1.29, 1.82) is 0 Å². The van der Waals surface area contributed by atoms with Crippen LogP contribution < -0.4 is 10.0 Å². The summed E-state index contributed by atoms with van der Waals surface area (Å²) < 4.78 is 30.0. The van der Waals surface area contributed by atoms with Gasteiger partial charge in [-0.15, -0.1) is 24.0 Å². The molecule has 0 radical (unpaired) electrons. The van der Waals surface area contributed by atoms with Crippen LogP contribution in [0.1, 0.15) is 13.8 Å². The Kier molecular flexibility index (Phi) is 10.0. The Bertz CT molecular complexity index is 512. The number of sulfonamides is 1. The molecule has 0 amide bonds. The van der Waals surface area contributed by atoms with Gasteiger partial charge >= 0.3 is 5.97 Å². The van der Waals surface area contributed by atoms with Gasteiger partial charge in [0, 0.05) is 33.2 Å². The molecule has 0 aliphatic carbocycles. The Hall–Kier alpha value is -0.620. The van der Waals surface area contributed by atoms with Gasteiger partial charge in [0.05, 0.1) is 18.8 Å². The third-order valence-corrected chi connectivity index (χ3v) is 5.14. The van der Waals surface area contributed by atoms with E-state index in [0.717, 1.165) is 0 Å². The number of aliphatic imine (C=N–C) groups is 1. The third kappa shape index (κ3) is 6.79. The largest absolute Gasteiger partial charge is 0.469 e. The predicted molar refractivity (Wildman–Crippen MR) is 100 cm³/mol. The highest BCUT2D eigenvalue weighted by Crippen LogP contribution is 2.23. The lowest BCUT2D eigenvalue weighted by atomic mass is 9.99. The molecule has 2 unspecified atom stereocenters. The number of carbonyl (C=O) groups excluding carboxylic acids is 1. The molecule has 2 N–H and O–H groups in total. The van der Waals surface area contributed by atoms with Crippen LogP contribution in [0.4, 0.5) is 0 Å². The van der Waals surface area contributed by atoms with Crippen molar-refractivity contribution in [3.05, 3.63) is 0 Å². The number of halogens is 1. The Labute approximate surface area is 155 Å². The fourth-order valence-electron chi connectivity index (χ4n) is 2.41. The first-order valence-corrected chi connectivity index (χ1v) is 9.00. The summed E-state index contributed by atoms with van der Waals surface area (Å²) in [5.41, 5.74) is 0. The quantitative estimate of drug-likeness (QED) is 0.188. The van der Waals surface area contributed by atoms with Crippen LogP contribution in [0.3, 0.4) is 0 Å². The molecule has 136 valence electrons. The van der Waals surface area contributed by atoms with Crippen molar-refractivity contribution >= 4 is 45.9 Å². The zero-order valence-electron chi connectivity index (χ0n) is 14.0. The average Bonchev–Trinajstić information content (AvgIpc) is 2.88. The van der Waals surface area contributed by atoms with Crippen molar-refractivity contribution < 1.29 is 17.9 Å². The highest BCUT2D eigenvalue weighted by molar-refractivity contribution is 14.0. The van der Waals surface area contributed by atoms with E-state index < -0.39 is 10.0 Å². The van der Waals surface area contributed by atoms with Crippen molar-refractivity contribution in [2.75, 3.05) is 46.1 Å². The van der Waals surface area contributed by atoms with Crippen molar-refractivity contribution in [3.8, 4) is 0 Å². The number of likely N-dealkylation sites (tertiary alicyclic amines) is 1. The summed E-state index contributed by atoms with van der Waals surface area (Å²) >= 11 is 0. The Morgan fingerprint density at radius 1 is 1.35 bits per heavy atom. The van der Waals surface area contributed by atoms with Crippen LogP contribution in [0.2, 0.25) is 0 Å². The van der Waals surface area contributed by atoms with Gasteiger partial charge in [0.25, 0.3) is 0 Å². The van der Waals surface area contributed by atoms with E-state index in [-0.39, 0.29) is 47.5 Å². The topological polar surface area (TPSA) is 100 Å². The summed E-state index contributed by atoms with van der Waals surface area (Å²) in [6, 6.07) is 0. The first-order valence-electron chi connectivity index (χ1n) is 7.35. The SMILES string of the molecule is CCS(=O)(=O)NCCNC(=NC)N1CC(C)C(C(=O)OC)C1.I. The minimum absolute atomic E-state index is 0. The van der Waals surface area contributed by atoms with E-state index in [1.807, 2.05) is 11.8 Å². The van der Waals surface area contributed by atoms with Crippen molar-refractivity contribution in [1.82, 2.24) is 14.9 Å². The van der Waals surface area contributed by atoms with Crippen molar-refractivity contribution in [2.24, 2.45) is 16.8 Å². The molecule has 0 spiro atoms. The van der Waals surface area contributed by atoms with Crippen molar-refractivity contribution in [3.63, 3.8) is 0 Å². The smallest absolute Gasteiger partial charge is 0.310 e. The van der Waals surface area contributed by atoms with Crippen LogP contribution in [-0.2, 0) is 19.6 Å². The van der Waals surface area contributed by atoms with Crippen LogP contribution in [0.15, 0.2) is 4.99 Å². The monoisotopic (exact) mass is 462 g/mol. The number of esters is 1. The summed E-state index contributed by atoms with van der Waals surface area (Å²) in [5, 5.41) is 3.10. The second-order valence-electron chi connectivity index (χ2n) is 5.28. The maximum atomic E-state index is 11.7. The molecule has 0 bridgehead atoms. The predicted octanol–water partition coefficient (Wildman–Crippen LogP) is -0.140. The lowest BCUT2D eigenvalue weighted by Crippen LogP contribution is -2.43. The molecule has 1 aliphatic heterocycles. The number of nitrogens with one attached hydrogen (secondary N) is 2. The highest BCUT2D eigenvalue weighted by atomic mass is 127. The lowest BCUT2D eigenvalue weighted by molar-refractivity contribution is -0.145. The molecular formula is C13H27IN4O4S. The van der Waals surface area contributed by atoms with Gasteiger partial charge in [0.1, 0.15) is 0 Å². The third-order valence-electron chi connectivity index (χ3n) is 3.74. The number of ether oxygens (including phenoxy) is 1. The van der Waals surface area contributed by atoms with Gasteiger partial charge in [-0.3, -0.25) is 9.79 Å². The number of methoxy groups -OCH3 is 1. The first kappa shape index (κ1) is 22.4. The fraction of sp³-hybridized carbons (Fsp3) is 0.846. The van der Waals surface area contributed by atoms with E-state index in [9.17, 15) is 13.2 Å². The van der Waals surface area contributed by atoms with Gasteiger partial charge in [-0.05, 0) is 12.8 Å². The molecule has 23 heavy (non-hydrogen) atoms. The van der Waals surface area contributed by atoms with Gasteiger partial charge in [0.15, 0.2) is 5.96 Å². The summed E-state index contributed by atoms with van der Waals surface area (Å²) in [6.45, 7) is 5.57. The van der Waals surface area contributed by atoms with Gasteiger partial charge in [-0.2, -0.15) is 0 Å². The molecule has 8 nitrogen and oxygen atoms in total. The first-order chi connectivity index (χ1) is 10.3. The molecular weight excluding hydrogens is 435 g/mol. The second-order valence-corrected chi connectivity index (χ2v) is 7.38. The minimum atomic E-state index is -3.18. The Balaban J connectivity index is 0.00000484. The molecule has 1 fully saturated rings. The molecule has 1 aliphatic rings. The van der Waals surface area contributed by atoms with Gasteiger partial charge in [0.2, 0.25) is 10.0 Å². The number of carbonyl (C=O) groups is 1. The van der Waals surface area contributed by atoms with E-state index in [4.69, 9.17) is 4.74 Å². The molecule has 1 heterocycles. The molecule has 1 rings (SSSR count). The van der Waals surface area contributed by atoms with E-state index in [1.165, 1.54) is 7.11 Å². The molecule has 2 atom stereocenters. The number of hydrogen-bond acceptors (Lipinski definition) is 5. The van der Waals surface area contributed by atoms with Gasteiger partial charge in [-0.1, -0.05) is 6.92 Å². The fourth-order valence-corrected chi connectivity index (χ4v) is 3.03. The van der Waals surface area contributed by atoms with E-state index in [2.05, 4.69) is 15.0 Å². The standard InChI is InChI=1S/C13H26N4O4S.HI/c1-5-22(19,20)16-7-6-15-13(14-3)17-8-10(2)11(9-17)12(18)21-4;/h10-11,16H,5-9H2,1-4H3,(H,14,15);1H. The molecule has 0 aromatic heterocycles. The molecule has 10 heteroatoms. The molecule has 0 aromatic rings. The second kappa shape index (κ2) is 10.3. The van der Waals surface area contributed by atoms with Gasteiger partial charge < -0.3 is 15.0 Å². The van der Waals surface area contributed by atoms with Crippen LogP contribution in [0.25, 0.3) is 0 Å². The summed E-state index contributed by atoms with van der Waals surface area (Å²) in [7, 11) is -0.125. The molecule has 0 saturated carbocycles. The highest BCUT2D eigenvalue weighted by Gasteiger charge is 2.36. The van der Waals surface area contributed by atoms with Crippen molar-refractivity contribution in [2.45, 2.75) is 13.8 Å². The summed E-state index contributed by atoms with van der Waals surface area (Å²) in [6.07, 6.45) is 0. The Morgan fingerprint density at radius 3 is 2.52 bits per heavy atom. The maximum absolute atomic E-state index is 11.7. The van der Waals surface area contributed by atoms with Crippen LogP contribution >= 0.6 is 24.0 Å². The Morgan fingerprint density at radius 2 is 2.00 bits per heavy atom. The van der Waals surface area contributed by atoms with E-state index >= 15 is 0 Å². The number of hydrogen-bond donors (Lipinski definition) is 2.